The molecule has 4 heterocycles. The molecule has 0 bridgehead atoms. The maximum Gasteiger partial charge on any atom is 0.250 e. The zero-order valence-electron chi connectivity index (χ0n) is 16.2. The van der Waals surface area contributed by atoms with Crippen molar-refractivity contribution in [3.63, 3.8) is 0 Å². The Kier molecular flexibility index (Phi) is 5.99. The zero-order chi connectivity index (χ0) is 21.5. The molecular formula is C18H21ClN4O5S2. The van der Waals surface area contributed by atoms with Crippen molar-refractivity contribution in [3.05, 3.63) is 23.4 Å². The second-order valence-electron chi connectivity index (χ2n) is 7.19. The van der Waals surface area contributed by atoms with Crippen LogP contribution in [-0.4, -0.2) is 79.9 Å². The lowest BCUT2D eigenvalue weighted by Gasteiger charge is -2.32. The van der Waals surface area contributed by atoms with Crippen LogP contribution >= 0.6 is 22.9 Å². The van der Waals surface area contributed by atoms with E-state index >= 15 is 0 Å². The number of sulfonamides is 1. The number of rotatable bonds is 5. The molecule has 2 unspecified atom stereocenters. The number of halogens is 1. The van der Waals surface area contributed by atoms with Crippen molar-refractivity contribution in [3.8, 4) is 0 Å². The average Bonchev–Trinajstić information content (AvgIpc) is 3.31. The first-order valence-corrected chi connectivity index (χ1v) is 12.2. The van der Waals surface area contributed by atoms with Crippen LogP contribution in [0.1, 0.15) is 13.3 Å². The van der Waals surface area contributed by atoms with Crippen LogP contribution in [0.5, 0.6) is 0 Å². The van der Waals surface area contributed by atoms with Crippen LogP contribution in [0.15, 0.2) is 22.4 Å². The number of amides is 2. The molecule has 30 heavy (non-hydrogen) atoms. The molecule has 0 spiro atoms. The van der Waals surface area contributed by atoms with Crippen molar-refractivity contribution in [2.24, 2.45) is 0 Å². The summed E-state index contributed by atoms with van der Waals surface area (Å²) in [5, 5.41) is 0.276. The largest absolute Gasteiger partial charge is 0.378 e. The smallest absolute Gasteiger partial charge is 0.250 e. The lowest BCUT2D eigenvalue weighted by molar-refractivity contribution is -0.146. The van der Waals surface area contributed by atoms with Crippen LogP contribution in [-0.2, 0) is 24.3 Å². The van der Waals surface area contributed by atoms with E-state index in [2.05, 4.69) is 9.71 Å². The maximum absolute atomic E-state index is 12.8. The molecule has 2 fully saturated rings. The molecule has 2 aliphatic rings. The number of thiophene rings is 1. The molecule has 12 heteroatoms. The monoisotopic (exact) mass is 472 g/mol. The van der Waals surface area contributed by atoms with E-state index in [0.29, 0.717) is 49.5 Å². The minimum atomic E-state index is -3.92. The second kappa shape index (κ2) is 8.39. The van der Waals surface area contributed by atoms with Crippen LogP contribution in [0.4, 0.5) is 0 Å². The SMILES string of the molecule is CC(C(=O)N1CCOCC1)N1CCC(NS(=O)(=O)c2cc3nc(Cl)ccc3s2)C1=O. The molecule has 2 aromatic rings. The Morgan fingerprint density at radius 1 is 1.33 bits per heavy atom. The predicted octanol–water partition coefficient (Wildman–Crippen LogP) is 1.08. The van der Waals surface area contributed by atoms with Gasteiger partial charge in [0, 0.05) is 19.6 Å². The lowest BCUT2D eigenvalue weighted by Crippen LogP contribution is -2.52. The fourth-order valence-electron chi connectivity index (χ4n) is 3.63. The van der Waals surface area contributed by atoms with E-state index in [1.54, 1.807) is 24.0 Å². The van der Waals surface area contributed by atoms with Gasteiger partial charge >= 0.3 is 0 Å². The Morgan fingerprint density at radius 3 is 2.80 bits per heavy atom. The summed E-state index contributed by atoms with van der Waals surface area (Å²) >= 11 is 6.93. The molecule has 2 amide bonds. The van der Waals surface area contributed by atoms with E-state index in [1.165, 1.54) is 11.0 Å². The van der Waals surface area contributed by atoms with Gasteiger partial charge in [-0.05, 0) is 31.5 Å². The highest BCUT2D eigenvalue weighted by Crippen LogP contribution is 2.29. The number of nitrogens with zero attached hydrogens (tertiary/aromatic N) is 3. The van der Waals surface area contributed by atoms with Crippen LogP contribution in [0, 0.1) is 0 Å². The number of carbonyl (C=O) groups excluding carboxylic acids is 2. The fourth-order valence-corrected chi connectivity index (χ4v) is 6.35. The number of morpholine rings is 1. The average molecular weight is 473 g/mol. The number of ether oxygens (including phenoxy) is 1. The van der Waals surface area contributed by atoms with Crippen LogP contribution in [0.2, 0.25) is 5.15 Å². The lowest BCUT2D eigenvalue weighted by atomic mass is 10.2. The van der Waals surface area contributed by atoms with E-state index < -0.39 is 28.0 Å². The third-order valence-corrected chi connectivity index (χ3v) is 8.51. The third kappa shape index (κ3) is 4.17. The summed E-state index contributed by atoms with van der Waals surface area (Å²) in [4.78, 5) is 32.8. The Hall–Kier alpha value is -1.79. The number of fused-ring (bicyclic) bond motifs is 1. The molecule has 2 aliphatic heterocycles. The van der Waals surface area contributed by atoms with Crippen molar-refractivity contribution in [2.75, 3.05) is 32.8 Å². The summed E-state index contributed by atoms with van der Waals surface area (Å²) < 4.78 is 34.1. The zero-order valence-corrected chi connectivity index (χ0v) is 18.6. The van der Waals surface area contributed by atoms with E-state index in [0.717, 1.165) is 11.3 Å². The fraction of sp³-hybridized carbons (Fsp3) is 0.500. The normalized spacial score (nSPS) is 21.4. The Morgan fingerprint density at radius 2 is 2.07 bits per heavy atom. The van der Waals surface area contributed by atoms with Gasteiger partial charge in [-0.15, -0.1) is 11.3 Å². The molecule has 2 atom stereocenters. The second-order valence-corrected chi connectivity index (χ2v) is 10.6. The number of nitrogens with one attached hydrogen (secondary N) is 1. The van der Waals surface area contributed by atoms with Gasteiger partial charge in [0.25, 0.3) is 10.0 Å². The standard InChI is InChI=1S/C18H21ClN4O5S2/c1-11(17(24)22-6-8-28-9-7-22)23-5-4-12(18(23)25)21-30(26,27)16-10-13-14(29-16)2-3-15(19)20-13/h2-3,10-12,21H,4-9H2,1H3. The Balaban J connectivity index is 1.45. The van der Waals surface area contributed by atoms with Crippen LogP contribution in [0.3, 0.4) is 0 Å². The van der Waals surface area contributed by atoms with Gasteiger partial charge in [0.05, 0.1) is 23.4 Å². The topological polar surface area (TPSA) is 109 Å². The summed E-state index contributed by atoms with van der Waals surface area (Å²) in [6.45, 7) is 3.92. The molecule has 0 radical (unpaired) electrons. The van der Waals surface area contributed by atoms with Gasteiger partial charge in [0.1, 0.15) is 21.4 Å². The Labute approximate surface area is 183 Å². The first-order chi connectivity index (χ1) is 14.3. The number of hydrogen-bond acceptors (Lipinski definition) is 7. The number of hydrogen-bond donors (Lipinski definition) is 1. The van der Waals surface area contributed by atoms with Crippen molar-refractivity contribution in [1.29, 1.82) is 0 Å². The molecule has 2 aromatic heterocycles. The highest BCUT2D eigenvalue weighted by atomic mass is 35.5. The molecule has 1 N–H and O–H groups in total. The number of aromatic nitrogens is 1. The molecular weight excluding hydrogens is 452 g/mol. The number of carbonyl (C=O) groups is 2. The summed E-state index contributed by atoms with van der Waals surface area (Å²) in [5.41, 5.74) is 0.483. The van der Waals surface area contributed by atoms with Gasteiger partial charge < -0.3 is 14.5 Å². The molecule has 162 valence electrons. The van der Waals surface area contributed by atoms with Gasteiger partial charge in [-0.2, -0.15) is 4.72 Å². The molecule has 4 rings (SSSR count). The van der Waals surface area contributed by atoms with Gasteiger partial charge in [-0.3, -0.25) is 9.59 Å². The third-order valence-electron chi connectivity index (χ3n) is 5.27. The van der Waals surface area contributed by atoms with E-state index in [9.17, 15) is 18.0 Å². The van der Waals surface area contributed by atoms with E-state index in [-0.39, 0.29) is 15.3 Å². The van der Waals surface area contributed by atoms with Crippen molar-refractivity contribution < 1.29 is 22.7 Å². The van der Waals surface area contributed by atoms with E-state index in [1.807, 2.05) is 0 Å². The minimum Gasteiger partial charge on any atom is -0.378 e. The van der Waals surface area contributed by atoms with Crippen molar-refractivity contribution in [2.45, 2.75) is 29.6 Å². The van der Waals surface area contributed by atoms with Crippen molar-refractivity contribution in [1.82, 2.24) is 19.5 Å². The highest BCUT2D eigenvalue weighted by Gasteiger charge is 2.40. The maximum atomic E-state index is 12.8. The van der Waals surface area contributed by atoms with Gasteiger partial charge in [-0.1, -0.05) is 11.6 Å². The molecule has 9 nitrogen and oxygen atoms in total. The van der Waals surface area contributed by atoms with Gasteiger partial charge in [0.2, 0.25) is 11.8 Å². The summed E-state index contributed by atoms with van der Waals surface area (Å²) in [6, 6.07) is 3.18. The van der Waals surface area contributed by atoms with Crippen molar-refractivity contribution >= 4 is 55.0 Å². The highest BCUT2D eigenvalue weighted by molar-refractivity contribution is 7.91. The number of likely N-dealkylation sites (tertiary alicyclic amines) is 1. The molecule has 2 saturated heterocycles. The minimum absolute atomic E-state index is 0.0657. The van der Waals surface area contributed by atoms with Crippen LogP contribution < -0.4 is 4.72 Å². The first-order valence-electron chi connectivity index (χ1n) is 9.52. The van der Waals surface area contributed by atoms with Crippen LogP contribution in [0.25, 0.3) is 10.2 Å². The first kappa shape index (κ1) is 21.4. The molecule has 0 saturated carbocycles. The van der Waals surface area contributed by atoms with E-state index in [4.69, 9.17) is 16.3 Å². The molecule has 0 aromatic carbocycles. The summed E-state index contributed by atoms with van der Waals surface area (Å²) in [6.07, 6.45) is 0.299. The quantitative estimate of drug-likeness (QED) is 0.652. The number of pyridine rings is 1. The van der Waals surface area contributed by atoms with Gasteiger partial charge in [0.15, 0.2) is 0 Å². The summed E-state index contributed by atoms with van der Waals surface area (Å²) in [7, 11) is -3.92. The molecule has 0 aliphatic carbocycles. The predicted molar refractivity (Wildman–Crippen MR) is 112 cm³/mol. The Bertz CT molecular complexity index is 1080. The summed E-state index contributed by atoms with van der Waals surface area (Å²) in [5.74, 6) is -0.544. The van der Waals surface area contributed by atoms with Gasteiger partial charge in [-0.25, -0.2) is 13.4 Å².